The lowest BCUT2D eigenvalue weighted by molar-refractivity contribution is 0.597. The Morgan fingerprint density at radius 2 is 2.24 bits per heavy atom. The van der Waals surface area contributed by atoms with Crippen molar-refractivity contribution < 1.29 is 4.55 Å². The van der Waals surface area contributed by atoms with Crippen molar-refractivity contribution in [2.75, 3.05) is 12.0 Å². The van der Waals surface area contributed by atoms with Crippen LogP contribution < -0.4 is 5.73 Å². The Hall–Kier alpha value is -1.49. The van der Waals surface area contributed by atoms with Gasteiger partial charge in [-0.25, -0.2) is 0 Å². The van der Waals surface area contributed by atoms with Crippen LogP contribution in [0.3, 0.4) is 0 Å². The van der Waals surface area contributed by atoms with E-state index in [1.54, 1.807) is 6.92 Å². The van der Waals surface area contributed by atoms with Gasteiger partial charge in [0.15, 0.2) is 17.0 Å². The number of rotatable bonds is 1. The summed E-state index contributed by atoms with van der Waals surface area (Å²) in [6.07, 6.45) is 1.43. The standard InChI is InChI=1S/C9H8ClN5OS/c1-4-6(10)8-13-9(17(2)16)5(3-11)7(12)15(8)14-4/h12H2,1-2H3. The van der Waals surface area contributed by atoms with E-state index in [0.717, 1.165) is 0 Å². The van der Waals surface area contributed by atoms with E-state index in [1.165, 1.54) is 10.8 Å². The summed E-state index contributed by atoms with van der Waals surface area (Å²) in [7, 11) is 0. The molecule has 88 valence electrons. The number of aryl methyl sites for hydroxylation is 1. The molecular formula is C9H8ClN5OS. The molecule has 0 aliphatic rings. The van der Waals surface area contributed by atoms with Crippen LogP contribution >= 0.6 is 11.6 Å². The number of nitrogens with zero attached hydrogens (tertiary/aromatic N) is 4. The normalized spacial score (nSPS) is 12.6. The summed E-state index contributed by atoms with van der Waals surface area (Å²) in [6.45, 7) is 1.70. The first kappa shape index (κ1) is 12.0. The van der Waals surface area contributed by atoms with Crippen molar-refractivity contribution in [1.29, 1.82) is 5.26 Å². The van der Waals surface area contributed by atoms with Crippen molar-refractivity contribution in [3.63, 3.8) is 0 Å². The fraction of sp³-hybridized carbons (Fsp3) is 0.222. The molecule has 8 heteroatoms. The van der Waals surface area contributed by atoms with Crippen LogP contribution in [-0.4, -0.2) is 25.4 Å². The first-order chi connectivity index (χ1) is 7.97. The number of hydrogen-bond donors (Lipinski definition) is 1. The number of aromatic nitrogens is 3. The third kappa shape index (κ3) is 1.70. The van der Waals surface area contributed by atoms with Gasteiger partial charge in [-0.05, 0) is 6.92 Å². The molecule has 17 heavy (non-hydrogen) atoms. The highest BCUT2D eigenvalue weighted by molar-refractivity contribution is 7.90. The zero-order chi connectivity index (χ0) is 12.7. The summed E-state index contributed by atoms with van der Waals surface area (Å²) >= 11 is 4.58. The van der Waals surface area contributed by atoms with E-state index in [9.17, 15) is 4.55 Å². The number of nitrogens with two attached hydrogens (primary N) is 1. The van der Waals surface area contributed by atoms with E-state index < -0.39 is 11.2 Å². The molecule has 2 heterocycles. The molecule has 0 aliphatic carbocycles. The average molecular weight is 270 g/mol. The number of anilines is 1. The molecule has 6 nitrogen and oxygen atoms in total. The quantitative estimate of drug-likeness (QED) is 0.611. The van der Waals surface area contributed by atoms with Crippen molar-refractivity contribution in [1.82, 2.24) is 14.6 Å². The van der Waals surface area contributed by atoms with Gasteiger partial charge in [-0.15, -0.1) is 0 Å². The minimum absolute atomic E-state index is 0.0671. The van der Waals surface area contributed by atoms with Gasteiger partial charge in [0.05, 0.1) is 5.69 Å². The summed E-state index contributed by atoms with van der Waals surface area (Å²) in [6, 6.07) is 1.88. The maximum atomic E-state index is 11.5. The molecule has 2 rings (SSSR count). The number of hydrogen-bond acceptors (Lipinski definition) is 5. The van der Waals surface area contributed by atoms with Crippen LogP contribution in [0, 0.1) is 18.3 Å². The predicted molar refractivity (Wildman–Crippen MR) is 64.2 cm³/mol. The fourth-order valence-corrected chi connectivity index (χ4v) is 2.25. The van der Waals surface area contributed by atoms with Crippen molar-refractivity contribution in [3.8, 4) is 6.07 Å². The van der Waals surface area contributed by atoms with Gasteiger partial charge in [0, 0.05) is 11.2 Å². The van der Waals surface area contributed by atoms with Gasteiger partial charge in [-0.3, -0.25) is 0 Å². The van der Waals surface area contributed by atoms with E-state index in [-0.39, 0.29) is 16.4 Å². The van der Waals surface area contributed by atoms with Gasteiger partial charge < -0.3 is 10.3 Å². The smallest absolute Gasteiger partial charge is 0.268 e. The molecule has 0 amide bonds. The maximum absolute atomic E-state index is 11.5. The zero-order valence-electron chi connectivity index (χ0n) is 9.06. The highest BCUT2D eigenvalue weighted by Crippen LogP contribution is 2.26. The Balaban J connectivity index is 2.94. The molecule has 0 aromatic carbocycles. The second-order valence-electron chi connectivity index (χ2n) is 3.38. The van der Waals surface area contributed by atoms with Crippen molar-refractivity contribution in [3.05, 3.63) is 16.3 Å². The summed E-state index contributed by atoms with van der Waals surface area (Å²) < 4.78 is 12.8. The van der Waals surface area contributed by atoms with Gasteiger partial charge >= 0.3 is 0 Å². The van der Waals surface area contributed by atoms with Crippen LogP contribution in [0.5, 0.6) is 0 Å². The maximum Gasteiger partial charge on any atom is 0.268 e. The third-order valence-corrected chi connectivity index (χ3v) is 3.54. The summed E-state index contributed by atoms with van der Waals surface area (Å²) in [4.78, 5) is 4.09. The number of fused-ring (bicyclic) bond motifs is 1. The topological polar surface area (TPSA) is 103 Å². The third-order valence-electron chi connectivity index (χ3n) is 2.25. The average Bonchev–Trinajstić information content (AvgIpc) is 2.56. The molecule has 1 unspecified atom stereocenters. The van der Waals surface area contributed by atoms with E-state index in [1.807, 2.05) is 6.07 Å². The lowest BCUT2D eigenvalue weighted by atomic mass is 10.3. The number of halogens is 1. The minimum Gasteiger partial charge on any atom is -0.610 e. The van der Waals surface area contributed by atoms with E-state index in [4.69, 9.17) is 22.6 Å². The van der Waals surface area contributed by atoms with E-state index >= 15 is 0 Å². The van der Waals surface area contributed by atoms with Crippen molar-refractivity contribution in [2.45, 2.75) is 11.9 Å². The lowest BCUT2D eigenvalue weighted by Crippen LogP contribution is -2.11. The number of nitrogen functional groups attached to an aromatic ring is 1. The lowest BCUT2D eigenvalue weighted by Gasteiger charge is -2.07. The molecular weight excluding hydrogens is 262 g/mol. The van der Waals surface area contributed by atoms with Crippen LogP contribution in [-0.2, 0) is 11.2 Å². The highest BCUT2D eigenvalue weighted by Gasteiger charge is 2.23. The minimum atomic E-state index is -1.42. The highest BCUT2D eigenvalue weighted by atomic mass is 35.5. The molecule has 0 saturated carbocycles. The summed E-state index contributed by atoms with van der Waals surface area (Å²) in [5.41, 5.74) is 6.72. The zero-order valence-corrected chi connectivity index (χ0v) is 10.6. The Kier molecular flexibility index (Phi) is 2.87. The van der Waals surface area contributed by atoms with Gasteiger partial charge in [0.2, 0.25) is 0 Å². The molecule has 2 aromatic rings. The van der Waals surface area contributed by atoms with Gasteiger partial charge in [0.1, 0.15) is 17.3 Å². The Labute approximate surface area is 105 Å². The monoisotopic (exact) mass is 269 g/mol. The van der Waals surface area contributed by atoms with E-state index in [2.05, 4.69) is 10.1 Å². The molecule has 0 bridgehead atoms. The molecule has 0 radical (unpaired) electrons. The molecule has 0 saturated heterocycles. The predicted octanol–water partition coefficient (Wildman–Crippen LogP) is 0.882. The Morgan fingerprint density at radius 1 is 1.59 bits per heavy atom. The molecule has 0 aliphatic heterocycles. The van der Waals surface area contributed by atoms with Crippen LogP contribution in [0.1, 0.15) is 11.3 Å². The first-order valence-corrected chi connectivity index (χ1v) is 6.48. The van der Waals surface area contributed by atoms with Crippen molar-refractivity contribution in [2.24, 2.45) is 0 Å². The van der Waals surface area contributed by atoms with Gasteiger partial charge in [0.25, 0.3) is 5.03 Å². The second kappa shape index (κ2) is 4.07. The van der Waals surface area contributed by atoms with Crippen LogP contribution in [0.15, 0.2) is 5.03 Å². The Bertz CT molecular complexity index is 645. The fourth-order valence-electron chi connectivity index (χ4n) is 1.44. The molecule has 0 fully saturated rings. The molecule has 2 aromatic heterocycles. The van der Waals surface area contributed by atoms with Gasteiger partial charge in [-0.2, -0.15) is 19.9 Å². The summed E-state index contributed by atoms with van der Waals surface area (Å²) in [5.74, 6) is 0.0951. The van der Waals surface area contributed by atoms with Crippen LogP contribution in [0.4, 0.5) is 5.82 Å². The molecule has 0 spiro atoms. The first-order valence-electron chi connectivity index (χ1n) is 4.55. The van der Waals surface area contributed by atoms with Crippen LogP contribution in [0.2, 0.25) is 5.02 Å². The SMILES string of the molecule is Cc1nn2c(N)c(C#N)c([S+](C)[O-])nc2c1Cl. The van der Waals surface area contributed by atoms with E-state index in [0.29, 0.717) is 16.4 Å². The number of nitriles is 1. The Morgan fingerprint density at radius 3 is 2.76 bits per heavy atom. The van der Waals surface area contributed by atoms with Crippen LogP contribution in [0.25, 0.3) is 5.65 Å². The van der Waals surface area contributed by atoms with Gasteiger partial charge in [-0.1, -0.05) is 11.6 Å². The molecule has 2 N–H and O–H groups in total. The largest absolute Gasteiger partial charge is 0.610 e. The molecule has 1 atom stereocenters. The second-order valence-corrected chi connectivity index (χ2v) is 5.05. The summed E-state index contributed by atoms with van der Waals surface area (Å²) in [5, 5.41) is 13.5. The van der Waals surface area contributed by atoms with Crippen molar-refractivity contribution >= 4 is 34.2 Å².